The minimum atomic E-state index is -4.39. The lowest BCUT2D eigenvalue weighted by atomic mass is 9.99. The molecule has 0 amide bonds. The quantitative estimate of drug-likeness (QED) is 0.885. The molecule has 7 heteroatoms. The maximum absolute atomic E-state index is 12.9. The molecule has 1 aliphatic rings. The van der Waals surface area contributed by atoms with Gasteiger partial charge in [-0.05, 0) is 31.1 Å². The Balaban J connectivity index is 2.08. The van der Waals surface area contributed by atoms with Crippen molar-refractivity contribution in [1.82, 2.24) is 19.9 Å². The molecule has 2 aromatic rings. The van der Waals surface area contributed by atoms with E-state index < -0.39 is 11.9 Å². The lowest BCUT2D eigenvalue weighted by molar-refractivity contribution is -0.142. The number of fused-ring (bicyclic) bond motifs is 1. The molecule has 0 bridgehead atoms. The maximum Gasteiger partial charge on any atom is 0.431 e. The molecule has 0 unspecified atom stereocenters. The number of aromatic nitrogens is 3. The van der Waals surface area contributed by atoms with Gasteiger partial charge in [0.25, 0.3) is 0 Å². The van der Waals surface area contributed by atoms with Gasteiger partial charge in [0.2, 0.25) is 0 Å². The molecule has 96 valence electrons. The van der Waals surface area contributed by atoms with Crippen molar-refractivity contribution < 1.29 is 13.2 Å². The highest BCUT2D eigenvalue weighted by atomic mass is 19.4. The van der Waals surface area contributed by atoms with E-state index in [2.05, 4.69) is 15.5 Å². The van der Waals surface area contributed by atoms with Crippen molar-refractivity contribution >= 4 is 5.65 Å². The predicted molar refractivity (Wildman–Crippen MR) is 58.1 cm³/mol. The molecular formula is C11H11F3N4. The molecule has 0 spiro atoms. The van der Waals surface area contributed by atoms with Gasteiger partial charge in [-0.25, -0.2) is 0 Å². The molecule has 1 N–H and O–H groups in total. The highest BCUT2D eigenvalue weighted by molar-refractivity contribution is 5.40. The van der Waals surface area contributed by atoms with Crippen molar-refractivity contribution in [2.75, 3.05) is 13.1 Å². The number of halogens is 3. The summed E-state index contributed by atoms with van der Waals surface area (Å²) in [4.78, 5) is 0. The summed E-state index contributed by atoms with van der Waals surface area (Å²) in [6, 6.07) is 3.94. The number of pyridine rings is 1. The Morgan fingerprint density at radius 3 is 2.67 bits per heavy atom. The summed E-state index contributed by atoms with van der Waals surface area (Å²) in [5, 5.41) is 10.8. The molecule has 1 fully saturated rings. The standard InChI is InChI=1S/C11H11F3N4/c12-11(13,14)8-2-1-3-9-16-17-10(18(8)9)4-7-5-15-6-7/h1-3,7,15H,4-6H2. The molecule has 18 heavy (non-hydrogen) atoms. The van der Waals surface area contributed by atoms with Crippen LogP contribution >= 0.6 is 0 Å². The normalized spacial score (nSPS) is 17.1. The van der Waals surface area contributed by atoms with Crippen molar-refractivity contribution in [2.24, 2.45) is 5.92 Å². The van der Waals surface area contributed by atoms with E-state index in [0.717, 1.165) is 23.6 Å². The highest BCUT2D eigenvalue weighted by Crippen LogP contribution is 2.30. The van der Waals surface area contributed by atoms with Gasteiger partial charge in [0.15, 0.2) is 5.65 Å². The molecule has 0 aromatic carbocycles. The molecule has 4 nitrogen and oxygen atoms in total. The second-order valence-electron chi connectivity index (χ2n) is 4.45. The molecule has 0 atom stereocenters. The van der Waals surface area contributed by atoms with Gasteiger partial charge < -0.3 is 5.32 Å². The summed E-state index contributed by atoms with van der Waals surface area (Å²) < 4.78 is 39.9. The largest absolute Gasteiger partial charge is 0.431 e. The van der Waals surface area contributed by atoms with Crippen LogP contribution in [0.4, 0.5) is 13.2 Å². The van der Waals surface area contributed by atoms with E-state index in [-0.39, 0.29) is 5.65 Å². The topological polar surface area (TPSA) is 42.2 Å². The van der Waals surface area contributed by atoms with Crippen LogP contribution in [0, 0.1) is 5.92 Å². The molecule has 0 saturated carbocycles. The summed E-state index contributed by atoms with van der Waals surface area (Å²) in [5.74, 6) is 0.725. The van der Waals surface area contributed by atoms with Crippen LogP contribution in [-0.4, -0.2) is 27.7 Å². The van der Waals surface area contributed by atoms with Crippen molar-refractivity contribution in [1.29, 1.82) is 0 Å². The summed E-state index contributed by atoms with van der Waals surface area (Å²) in [6.07, 6.45) is -3.88. The average Bonchev–Trinajstić information content (AvgIpc) is 2.65. The van der Waals surface area contributed by atoms with E-state index >= 15 is 0 Å². The third-order valence-electron chi connectivity index (χ3n) is 3.12. The summed E-state index contributed by atoms with van der Waals surface area (Å²) in [7, 11) is 0. The van der Waals surface area contributed by atoms with Gasteiger partial charge in [0, 0.05) is 6.42 Å². The molecule has 0 radical (unpaired) electrons. The lowest BCUT2D eigenvalue weighted by Crippen LogP contribution is -2.43. The third kappa shape index (κ3) is 1.84. The predicted octanol–water partition coefficient (Wildman–Crippen LogP) is 1.51. The van der Waals surface area contributed by atoms with Crippen LogP contribution < -0.4 is 5.32 Å². The number of nitrogens with zero attached hydrogens (tertiary/aromatic N) is 3. The fraction of sp³-hybridized carbons (Fsp3) is 0.455. The third-order valence-corrected chi connectivity index (χ3v) is 3.12. The zero-order chi connectivity index (χ0) is 12.8. The Bertz CT molecular complexity index is 571. The Hall–Kier alpha value is -1.63. The van der Waals surface area contributed by atoms with Crippen molar-refractivity contribution in [3.63, 3.8) is 0 Å². The average molecular weight is 256 g/mol. The van der Waals surface area contributed by atoms with E-state index in [1.54, 1.807) is 0 Å². The molecule has 1 aliphatic heterocycles. The van der Waals surface area contributed by atoms with Crippen LogP contribution in [-0.2, 0) is 12.6 Å². The molecule has 1 saturated heterocycles. The van der Waals surface area contributed by atoms with Gasteiger partial charge in [-0.1, -0.05) is 6.07 Å². The van der Waals surface area contributed by atoms with Crippen LogP contribution in [0.15, 0.2) is 18.2 Å². The first-order valence-corrected chi connectivity index (χ1v) is 5.66. The molecule has 2 aromatic heterocycles. The van der Waals surface area contributed by atoms with Gasteiger partial charge in [-0.15, -0.1) is 10.2 Å². The monoisotopic (exact) mass is 256 g/mol. The first-order chi connectivity index (χ1) is 8.55. The fourth-order valence-electron chi connectivity index (χ4n) is 2.11. The number of alkyl halides is 3. The smallest absolute Gasteiger partial charge is 0.316 e. The molecule has 3 heterocycles. The van der Waals surface area contributed by atoms with Crippen LogP contribution in [0.2, 0.25) is 0 Å². The Morgan fingerprint density at radius 2 is 2.06 bits per heavy atom. The summed E-state index contributed by atoms with van der Waals surface area (Å²) >= 11 is 0. The van der Waals surface area contributed by atoms with Gasteiger partial charge in [-0.3, -0.25) is 4.40 Å². The lowest BCUT2D eigenvalue weighted by Gasteiger charge is -2.26. The Kier molecular flexibility index (Phi) is 2.51. The number of hydrogen-bond donors (Lipinski definition) is 1. The van der Waals surface area contributed by atoms with E-state index in [0.29, 0.717) is 18.2 Å². The second kappa shape index (κ2) is 3.94. The Labute approximate surface area is 101 Å². The van der Waals surface area contributed by atoms with Crippen LogP contribution in [0.3, 0.4) is 0 Å². The maximum atomic E-state index is 12.9. The van der Waals surface area contributed by atoms with Gasteiger partial charge in [0.05, 0.1) is 0 Å². The van der Waals surface area contributed by atoms with Gasteiger partial charge >= 0.3 is 6.18 Å². The van der Waals surface area contributed by atoms with E-state index in [9.17, 15) is 13.2 Å². The van der Waals surface area contributed by atoms with Crippen LogP contribution in [0.1, 0.15) is 11.5 Å². The van der Waals surface area contributed by atoms with Crippen LogP contribution in [0.5, 0.6) is 0 Å². The van der Waals surface area contributed by atoms with Gasteiger partial charge in [0.1, 0.15) is 11.5 Å². The first-order valence-electron chi connectivity index (χ1n) is 5.66. The second-order valence-corrected chi connectivity index (χ2v) is 4.45. The molecular weight excluding hydrogens is 245 g/mol. The zero-order valence-corrected chi connectivity index (χ0v) is 9.41. The number of rotatable bonds is 2. The van der Waals surface area contributed by atoms with E-state index in [1.165, 1.54) is 12.1 Å². The van der Waals surface area contributed by atoms with Crippen molar-refractivity contribution in [3.05, 3.63) is 29.7 Å². The first kappa shape index (κ1) is 11.5. The van der Waals surface area contributed by atoms with Crippen LogP contribution in [0.25, 0.3) is 5.65 Å². The molecule has 3 rings (SSSR count). The summed E-state index contributed by atoms with van der Waals surface area (Å²) in [5.41, 5.74) is -0.473. The highest BCUT2D eigenvalue weighted by Gasteiger charge is 2.34. The van der Waals surface area contributed by atoms with Crippen molar-refractivity contribution in [2.45, 2.75) is 12.6 Å². The van der Waals surface area contributed by atoms with Gasteiger partial charge in [-0.2, -0.15) is 13.2 Å². The SMILES string of the molecule is FC(F)(F)c1cccc2nnc(CC3CNC3)n12. The van der Waals surface area contributed by atoms with E-state index in [1.807, 2.05) is 0 Å². The minimum Gasteiger partial charge on any atom is -0.316 e. The Morgan fingerprint density at radius 1 is 1.28 bits per heavy atom. The van der Waals surface area contributed by atoms with E-state index in [4.69, 9.17) is 0 Å². The minimum absolute atomic E-state index is 0.243. The van der Waals surface area contributed by atoms with Crippen molar-refractivity contribution in [3.8, 4) is 0 Å². The number of hydrogen-bond acceptors (Lipinski definition) is 3. The zero-order valence-electron chi connectivity index (χ0n) is 9.41. The fourth-order valence-corrected chi connectivity index (χ4v) is 2.11. The summed E-state index contributed by atoms with van der Waals surface area (Å²) in [6.45, 7) is 1.65. The number of nitrogens with one attached hydrogen (secondary N) is 1. The molecule has 0 aliphatic carbocycles.